The van der Waals surface area contributed by atoms with Gasteiger partial charge in [0.05, 0.1) is 31.6 Å². The normalized spacial score (nSPS) is 27.5. The van der Waals surface area contributed by atoms with E-state index in [2.05, 4.69) is 41.3 Å². The Labute approximate surface area is 248 Å². The van der Waals surface area contributed by atoms with Crippen molar-refractivity contribution < 1.29 is 28.6 Å². The number of piperidine rings is 1. The van der Waals surface area contributed by atoms with E-state index in [1.54, 1.807) is 14.5 Å². The maximum absolute atomic E-state index is 13.9. The van der Waals surface area contributed by atoms with Crippen LogP contribution in [0.5, 0.6) is 0 Å². The monoisotopic (exact) mass is 589 g/mol. The van der Waals surface area contributed by atoms with E-state index < -0.39 is 6.04 Å². The molecule has 1 N–H and O–H groups in total. The Balaban J connectivity index is 1.32. The van der Waals surface area contributed by atoms with Crippen molar-refractivity contribution in [1.82, 2.24) is 35.0 Å². The van der Waals surface area contributed by atoms with Gasteiger partial charge >= 0.3 is 0 Å². The van der Waals surface area contributed by atoms with E-state index in [1.165, 1.54) is 0 Å². The predicted molar refractivity (Wildman–Crippen MR) is 153 cm³/mol. The first kappa shape index (κ1) is 30.8. The molecule has 5 rings (SSSR count). The number of hydrogen-bond acceptors (Lipinski definition) is 9. The second-order valence-corrected chi connectivity index (χ2v) is 12.9. The highest BCUT2D eigenvalue weighted by molar-refractivity contribution is 5.91. The standard InChI is InChI=1S/C29H47N7O6/c1-29(2,3)25-18-36(32-31-25)23-16-24-28(39)30-8-13-41-14-15-42-20-27(38)34(19-26(37)35(24)17-23)22-4-9-33(10-5-22)21-6-11-40-12-7-21/h18,21-24H,4-17,19-20H2,1-3H3,(H,30,39)/t23-,24-/m0/s1. The van der Waals surface area contributed by atoms with E-state index in [-0.39, 0.29) is 55.0 Å². The third kappa shape index (κ3) is 7.47. The largest absolute Gasteiger partial charge is 0.381 e. The van der Waals surface area contributed by atoms with Crippen molar-refractivity contribution in [1.29, 1.82) is 0 Å². The molecule has 0 aromatic carbocycles. The molecule has 5 heterocycles. The molecule has 4 fully saturated rings. The Morgan fingerprint density at radius 3 is 2.26 bits per heavy atom. The summed E-state index contributed by atoms with van der Waals surface area (Å²) >= 11 is 0. The lowest BCUT2D eigenvalue weighted by molar-refractivity contribution is -0.148. The maximum atomic E-state index is 13.9. The highest BCUT2D eigenvalue weighted by Gasteiger charge is 2.42. The van der Waals surface area contributed by atoms with Crippen LogP contribution in [0.15, 0.2) is 6.20 Å². The molecule has 13 heteroatoms. The van der Waals surface area contributed by atoms with Crippen LogP contribution in [-0.4, -0.2) is 138 Å². The fraction of sp³-hybridized carbons (Fsp3) is 0.828. The van der Waals surface area contributed by atoms with Crippen molar-refractivity contribution in [3.8, 4) is 0 Å². The third-order valence-electron chi connectivity index (χ3n) is 8.97. The summed E-state index contributed by atoms with van der Waals surface area (Å²) in [5, 5.41) is 11.6. The topological polar surface area (TPSA) is 131 Å². The lowest BCUT2D eigenvalue weighted by atomic mass is 9.93. The average Bonchev–Trinajstić information content (AvgIpc) is 3.66. The number of carbonyl (C=O) groups is 3. The van der Waals surface area contributed by atoms with Crippen molar-refractivity contribution in [2.24, 2.45) is 0 Å². The van der Waals surface area contributed by atoms with Gasteiger partial charge in [-0.2, -0.15) is 0 Å². The fourth-order valence-corrected chi connectivity index (χ4v) is 6.43. The first-order valence-corrected chi connectivity index (χ1v) is 15.5. The van der Waals surface area contributed by atoms with Crippen molar-refractivity contribution in [3.05, 3.63) is 11.9 Å². The molecule has 0 unspecified atom stereocenters. The van der Waals surface area contributed by atoms with Crippen molar-refractivity contribution in [2.75, 3.05) is 72.4 Å². The highest BCUT2D eigenvalue weighted by Crippen LogP contribution is 2.30. The zero-order valence-corrected chi connectivity index (χ0v) is 25.3. The quantitative estimate of drug-likeness (QED) is 0.531. The molecule has 0 aliphatic carbocycles. The third-order valence-corrected chi connectivity index (χ3v) is 8.97. The number of carbonyl (C=O) groups excluding carboxylic acids is 3. The summed E-state index contributed by atoms with van der Waals surface area (Å²) in [5.74, 6) is -0.662. The second kappa shape index (κ2) is 13.8. The van der Waals surface area contributed by atoms with Gasteiger partial charge in [-0.25, -0.2) is 4.68 Å². The molecule has 3 amide bonds. The number of likely N-dealkylation sites (tertiary alicyclic amines) is 1. The fourth-order valence-electron chi connectivity index (χ4n) is 6.43. The van der Waals surface area contributed by atoms with Gasteiger partial charge in [-0.1, -0.05) is 26.0 Å². The molecule has 1 aromatic rings. The lowest BCUT2D eigenvalue weighted by Gasteiger charge is -2.42. The van der Waals surface area contributed by atoms with Gasteiger partial charge in [-0.05, 0) is 25.7 Å². The van der Waals surface area contributed by atoms with Gasteiger partial charge in [0, 0.05) is 69.5 Å². The van der Waals surface area contributed by atoms with E-state index in [0.29, 0.717) is 38.8 Å². The summed E-state index contributed by atoms with van der Waals surface area (Å²) in [4.78, 5) is 46.6. The number of nitrogens with zero attached hydrogens (tertiary/aromatic N) is 6. The minimum atomic E-state index is -0.668. The van der Waals surface area contributed by atoms with Crippen LogP contribution in [0.25, 0.3) is 0 Å². The first-order chi connectivity index (χ1) is 20.2. The van der Waals surface area contributed by atoms with Gasteiger partial charge in [0.2, 0.25) is 17.7 Å². The molecule has 0 spiro atoms. The maximum Gasteiger partial charge on any atom is 0.249 e. The SMILES string of the molecule is CC(C)(C)c1cn([C@H]2C[C@H]3C(=O)NCCOCCOCC(=O)N(C4CCN(C5CCOCC5)CC4)CC(=O)N3C2)nn1. The van der Waals surface area contributed by atoms with Crippen LogP contribution < -0.4 is 5.32 Å². The zero-order valence-electron chi connectivity index (χ0n) is 25.3. The van der Waals surface area contributed by atoms with Crippen LogP contribution in [-0.2, 0) is 34.0 Å². The summed E-state index contributed by atoms with van der Waals surface area (Å²) in [5.41, 5.74) is 0.681. The zero-order chi connectivity index (χ0) is 29.7. The molecular formula is C29H47N7O6. The van der Waals surface area contributed by atoms with E-state index in [4.69, 9.17) is 14.2 Å². The summed E-state index contributed by atoms with van der Waals surface area (Å²) < 4.78 is 18.5. The van der Waals surface area contributed by atoms with Gasteiger partial charge in [0.15, 0.2) is 0 Å². The second-order valence-electron chi connectivity index (χ2n) is 12.9. The number of nitrogens with one attached hydrogen (secondary N) is 1. The Kier molecular flexibility index (Phi) is 10.1. The molecule has 0 saturated carbocycles. The lowest BCUT2D eigenvalue weighted by Crippen LogP contribution is -2.55. The van der Waals surface area contributed by atoms with Gasteiger partial charge < -0.3 is 34.2 Å². The molecule has 13 nitrogen and oxygen atoms in total. The first-order valence-electron chi connectivity index (χ1n) is 15.5. The summed E-state index contributed by atoms with van der Waals surface area (Å²) in [7, 11) is 0. The van der Waals surface area contributed by atoms with Crippen LogP contribution in [0.2, 0.25) is 0 Å². The minimum absolute atomic E-state index is 0.0663. The van der Waals surface area contributed by atoms with E-state index in [0.717, 1.165) is 57.7 Å². The minimum Gasteiger partial charge on any atom is -0.381 e. The number of ether oxygens (including phenoxy) is 3. The van der Waals surface area contributed by atoms with Crippen LogP contribution in [0.4, 0.5) is 0 Å². The predicted octanol–water partition coefficient (Wildman–Crippen LogP) is 0.353. The highest BCUT2D eigenvalue weighted by atomic mass is 16.5. The van der Waals surface area contributed by atoms with Crippen LogP contribution in [0.1, 0.15) is 64.6 Å². The van der Waals surface area contributed by atoms with Crippen LogP contribution >= 0.6 is 0 Å². The molecule has 0 radical (unpaired) electrons. The van der Waals surface area contributed by atoms with Gasteiger partial charge in [-0.15, -0.1) is 5.10 Å². The molecule has 42 heavy (non-hydrogen) atoms. The van der Waals surface area contributed by atoms with Gasteiger partial charge in [0.25, 0.3) is 0 Å². The summed E-state index contributed by atoms with van der Waals surface area (Å²) in [6.07, 6.45) is 5.98. The molecule has 4 aliphatic heterocycles. The van der Waals surface area contributed by atoms with E-state index in [9.17, 15) is 14.4 Å². The number of rotatable bonds is 3. The number of fused-ring (bicyclic) bond motifs is 1. The molecule has 234 valence electrons. The Morgan fingerprint density at radius 1 is 0.833 bits per heavy atom. The Hall–Kier alpha value is -2.61. The molecule has 1 aromatic heterocycles. The molecule has 0 bridgehead atoms. The summed E-state index contributed by atoms with van der Waals surface area (Å²) in [6.45, 7) is 10.9. The van der Waals surface area contributed by atoms with Crippen molar-refractivity contribution in [3.63, 3.8) is 0 Å². The molecule has 4 aliphatic rings. The van der Waals surface area contributed by atoms with Crippen LogP contribution in [0.3, 0.4) is 0 Å². The summed E-state index contributed by atoms with van der Waals surface area (Å²) in [6, 6.07) is -0.416. The molecule has 4 saturated heterocycles. The number of aromatic nitrogens is 3. The van der Waals surface area contributed by atoms with Gasteiger partial charge in [0.1, 0.15) is 19.2 Å². The molecular weight excluding hydrogens is 542 g/mol. The molecule has 2 atom stereocenters. The van der Waals surface area contributed by atoms with Crippen molar-refractivity contribution in [2.45, 2.75) is 82.5 Å². The van der Waals surface area contributed by atoms with Gasteiger partial charge in [-0.3, -0.25) is 14.4 Å². The number of amides is 3. The van der Waals surface area contributed by atoms with Crippen LogP contribution in [0, 0.1) is 0 Å². The van der Waals surface area contributed by atoms with Crippen molar-refractivity contribution >= 4 is 17.7 Å². The Bertz CT molecular complexity index is 1080. The average molecular weight is 590 g/mol. The smallest absolute Gasteiger partial charge is 0.249 e. The number of hydrogen-bond donors (Lipinski definition) is 1. The van der Waals surface area contributed by atoms with E-state index >= 15 is 0 Å². The van der Waals surface area contributed by atoms with E-state index in [1.807, 2.05) is 6.20 Å². The Morgan fingerprint density at radius 2 is 1.55 bits per heavy atom.